The molecule has 0 bridgehead atoms. The molecule has 2 aromatic carbocycles. The molecule has 4 unspecified atom stereocenters. The monoisotopic (exact) mass is 810 g/mol. The summed E-state index contributed by atoms with van der Waals surface area (Å²) in [5.41, 5.74) is 6.92. The second kappa shape index (κ2) is 17.6. The van der Waals surface area contributed by atoms with E-state index in [4.69, 9.17) is 42.1 Å². The SMILES string of the molecule is COc1nc(OCc2cccc(-c3cccc(COc4nc(OC)c(CN5CC(O)CC5C(=O)O)cc4Cl)c3C)c2C)c(Cl)cc1CN1CC(O)CC1C(=O)O. The van der Waals surface area contributed by atoms with E-state index in [1.807, 2.05) is 50.2 Å². The van der Waals surface area contributed by atoms with Gasteiger partial charge < -0.3 is 39.4 Å². The Hall–Kier alpha value is -4.70. The predicted octanol–water partition coefficient (Wildman–Crippen LogP) is 5.28. The number of hydrogen-bond donors (Lipinski definition) is 4. The Morgan fingerprint density at radius 2 is 1.07 bits per heavy atom. The fraction of sp³-hybridized carbons (Fsp3) is 0.400. The number of methoxy groups -OCH3 is 2. The first-order chi connectivity index (χ1) is 26.8. The lowest BCUT2D eigenvalue weighted by atomic mass is 9.92. The smallest absolute Gasteiger partial charge is 0.321 e. The summed E-state index contributed by atoms with van der Waals surface area (Å²) >= 11 is 13.2. The van der Waals surface area contributed by atoms with E-state index in [0.29, 0.717) is 11.1 Å². The number of carbonyl (C=O) groups is 2. The molecule has 6 rings (SSSR count). The Morgan fingerprint density at radius 1 is 0.679 bits per heavy atom. The second-order valence-electron chi connectivity index (χ2n) is 14.0. The minimum absolute atomic E-state index is 0.139. The van der Waals surface area contributed by atoms with Gasteiger partial charge in [-0.15, -0.1) is 0 Å². The van der Waals surface area contributed by atoms with Gasteiger partial charge in [0, 0.05) is 50.1 Å². The number of likely N-dealkylation sites (tertiary alicyclic amines) is 2. The molecule has 4 atom stereocenters. The van der Waals surface area contributed by atoms with Crippen LogP contribution in [0, 0.1) is 13.8 Å². The summed E-state index contributed by atoms with van der Waals surface area (Å²) in [5.74, 6) is -1.18. The summed E-state index contributed by atoms with van der Waals surface area (Å²) in [6.07, 6.45) is -1.20. The molecule has 2 aliphatic heterocycles. The average Bonchev–Trinajstić information content (AvgIpc) is 3.73. The van der Waals surface area contributed by atoms with E-state index in [9.17, 15) is 30.0 Å². The number of β-amino-alcohol motifs (C(OH)–C–C–N with tert-alkyl or cyclic N) is 2. The van der Waals surface area contributed by atoms with E-state index < -0.39 is 36.2 Å². The number of benzene rings is 2. The Balaban J connectivity index is 1.15. The molecule has 16 heteroatoms. The van der Waals surface area contributed by atoms with Crippen LogP contribution in [-0.4, -0.2) is 104 Å². The first-order valence-corrected chi connectivity index (χ1v) is 18.7. The van der Waals surface area contributed by atoms with Crippen molar-refractivity contribution in [2.24, 2.45) is 0 Å². The Morgan fingerprint density at radius 3 is 1.43 bits per heavy atom. The summed E-state index contributed by atoms with van der Waals surface area (Å²) in [6.45, 7) is 5.13. The quantitative estimate of drug-likeness (QED) is 0.122. The number of aromatic nitrogens is 2. The molecule has 0 spiro atoms. The van der Waals surface area contributed by atoms with E-state index in [0.717, 1.165) is 33.4 Å². The Labute approximate surface area is 334 Å². The van der Waals surface area contributed by atoms with Crippen LogP contribution in [0.25, 0.3) is 11.1 Å². The maximum Gasteiger partial charge on any atom is 0.321 e. The first kappa shape index (κ1) is 40.9. The molecule has 0 radical (unpaired) electrons. The van der Waals surface area contributed by atoms with Crippen LogP contribution in [0.1, 0.15) is 46.2 Å². The fourth-order valence-corrected chi connectivity index (χ4v) is 7.84. The number of aliphatic hydroxyl groups excluding tert-OH is 2. The van der Waals surface area contributed by atoms with Crippen LogP contribution >= 0.6 is 23.2 Å². The standard InChI is InChI=1S/C40H44Cl2N4O10/c1-21-23(19-55-37-31(41)11-25(35(43-37)53-3)15-45-17-27(47)13-33(45)39(49)50)7-5-9-29(21)30-10-6-8-24(22(30)2)20-56-38-32(42)12-26(36(44-38)54-4)16-46-18-28(48)14-34(46)40(51)52/h5-12,27-28,33-34,47-48H,13-20H2,1-4H3,(H,49,50)(H,51,52). The molecule has 4 heterocycles. The van der Waals surface area contributed by atoms with Crippen molar-refractivity contribution in [2.75, 3.05) is 27.3 Å². The molecule has 298 valence electrons. The molecule has 2 fully saturated rings. The van der Waals surface area contributed by atoms with Crippen molar-refractivity contribution in [3.8, 4) is 34.6 Å². The zero-order valence-electron chi connectivity index (χ0n) is 31.4. The number of aliphatic carboxylic acids is 2. The van der Waals surface area contributed by atoms with Crippen LogP contribution in [0.15, 0.2) is 48.5 Å². The van der Waals surface area contributed by atoms with Crippen molar-refractivity contribution < 1.29 is 49.0 Å². The molecule has 4 aromatic rings. The number of pyridine rings is 2. The molecule has 0 saturated carbocycles. The zero-order valence-corrected chi connectivity index (χ0v) is 32.9. The van der Waals surface area contributed by atoms with Crippen LogP contribution in [-0.2, 0) is 35.9 Å². The number of halogens is 2. The number of carboxylic acid groups (broad SMARTS) is 2. The van der Waals surface area contributed by atoms with Crippen molar-refractivity contribution in [2.45, 2.75) is 77.3 Å². The van der Waals surface area contributed by atoms with Crippen molar-refractivity contribution in [3.63, 3.8) is 0 Å². The van der Waals surface area contributed by atoms with Crippen LogP contribution in [0.5, 0.6) is 23.5 Å². The maximum atomic E-state index is 11.7. The minimum atomic E-state index is -1.01. The third-order valence-electron chi connectivity index (χ3n) is 10.3. The summed E-state index contributed by atoms with van der Waals surface area (Å²) in [5, 5.41) is 39.8. The number of ether oxygens (including phenoxy) is 4. The summed E-state index contributed by atoms with van der Waals surface area (Å²) in [7, 11) is 2.93. The highest BCUT2D eigenvalue weighted by Crippen LogP contribution is 2.36. The third kappa shape index (κ3) is 8.96. The molecule has 2 saturated heterocycles. The predicted molar refractivity (Wildman–Crippen MR) is 207 cm³/mol. The molecule has 14 nitrogen and oxygen atoms in total. The van der Waals surface area contributed by atoms with Crippen molar-refractivity contribution in [1.82, 2.24) is 19.8 Å². The maximum absolute atomic E-state index is 11.7. The number of aliphatic hydroxyl groups is 2. The van der Waals surface area contributed by atoms with Crippen molar-refractivity contribution in [1.29, 1.82) is 0 Å². The Bertz CT molecular complexity index is 1960. The van der Waals surface area contributed by atoms with Crippen LogP contribution in [0.2, 0.25) is 10.0 Å². The van der Waals surface area contributed by atoms with Gasteiger partial charge in [-0.1, -0.05) is 59.6 Å². The van der Waals surface area contributed by atoms with Gasteiger partial charge in [-0.2, -0.15) is 9.97 Å². The third-order valence-corrected chi connectivity index (χ3v) is 10.9. The lowest BCUT2D eigenvalue weighted by Gasteiger charge is -2.22. The molecule has 0 amide bonds. The van der Waals surface area contributed by atoms with E-state index in [1.54, 1.807) is 21.9 Å². The topological polar surface area (TPSA) is 184 Å². The number of nitrogens with zero attached hydrogens (tertiary/aromatic N) is 4. The van der Waals surface area contributed by atoms with Gasteiger partial charge >= 0.3 is 11.9 Å². The van der Waals surface area contributed by atoms with Gasteiger partial charge in [-0.25, -0.2) is 0 Å². The fourth-order valence-electron chi connectivity index (χ4n) is 7.39. The molecule has 0 aliphatic carbocycles. The number of hydrogen-bond acceptors (Lipinski definition) is 12. The summed E-state index contributed by atoms with van der Waals surface area (Å²) < 4.78 is 23.3. The molecular weight excluding hydrogens is 767 g/mol. The van der Waals surface area contributed by atoms with Gasteiger partial charge in [0.05, 0.1) is 26.4 Å². The van der Waals surface area contributed by atoms with Gasteiger partial charge in [-0.05, 0) is 59.4 Å². The first-order valence-electron chi connectivity index (χ1n) is 18.0. The van der Waals surface area contributed by atoms with Gasteiger partial charge in [0.2, 0.25) is 23.5 Å². The zero-order chi connectivity index (χ0) is 40.3. The van der Waals surface area contributed by atoms with E-state index >= 15 is 0 Å². The van der Waals surface area contributed by atoms with Crippen LogP contribution < -0.4 is 18.9 Å². The summed E-state index contributed by atoms with van der Waals surface area (Å²) in [6, 6.07) is 13.5. The minimum Gasteiger partial charge on any atom is -0.481 e. The van der Waals surface area contributed by atoms with E-state index in [1.165, 1.54) is 14.2 Å². The largest absolute Gasteiger partial charge is 0.481 e. The van der Waals surface area contributed by atoms with Gasteiger partial charge in [0.1, 0.15) is 35.3 Å². The summed E-state index contributed by atoms with van der Waals surface area (Å²) in [4.78, 5) is 35.8. The number of carboxylic acids is 2. The van der Waals surface area contributed by atoms with Gasteiger partial charge in [-0.3, -0.25) is 19.4 Å². The molecule has 2 aliphatic rings. The highest BCUT2D eigenvalue weighted by molar-refractivity contribution is 6.32. The highest BCUT2D eigenvalue weighted by atomic mass is 35.5. The van der Waals surface area contributed by atoms with E-state index in [2.05, 4.69) is 9.97 Å². The normalized spacial score (nSPS) is 19.9. The van der Waals surface area contributed by atoms with Crippen molar-refractivity contribution in [3.05, 3.63) is 92.0 Å². The average molecular weight is 812 g/mol. The van der Waals surface area contributed by atoms with Crippen LogP contribution in [0.4, 0.5) is 0 Å². The Kier molecular flexibility index (Phi) is 12.9. The molecule has 56 heavy (non-hydrogen) atoms. The lowest BCUT2D eigenvalue weighted by Crippen LogP contribution is -2.35. The van der Waals surface area contributed by atoms with Gasteiger partial charge in [0.15, 0.2) is 0 Å². The number of rotatable bonds is 15. The highest BCUT2D eigenvalue weighted by Gasteiger charge is 2.37. The van der Waals surface area contributed by atoms with E-state index in [-0.39, 0.29) is 85.8 Å². The molecular formula is C40H44Cl2N4O10. The van der Waals surface area contributed by atoms with Crippen LogP contribution in [0.3, 0.4) is 0 Å². The van der Waals surface area contributed by atoms with Gasteiger partial charge in [0.25, 0.3) is 0 Å². The van der Waals surface area contributed by atoms with Crippen molar-refractivity contribution >= 4 is 35.1 Å². The second-order valence-corrected chi connectivity index (χ2v) is 14.8. The molecule has 4 N–H and O–H groups in total. The molecule has 2 aromatic heterocycles. The lowest BCUT2D eigenvalue weighted by molar-refractivity contribution is -0.143.